The van der Waals surface area contributed by atoms with E-state index in [1.165, 1.54) is 14.0 Å². The number of carboxylic acids is 1. The standard InChI is InChI=1S/C16H19N3O4/c1-16(11-23-2,15(21)22)18-14(20)13-6-4-12(5-7-13)10-19-9-3-8-17-19/h3-9H,10-11H2,1-2H3,(H,18,20)(H,21,22). The van der Waals surface area contributed by atoms with Crippen LogP contribution in [0.1, 0.15) is 22.8 Å². The monoisotopic (exact) mass is 317 g/mol. The Hall–Kier alpha value is -2.67. The van der Waals surface area contributed by atoms with E-state index in [-0.39, 0.29) is 6.61 Å². The van der Waals surface area contributed by atoms with Crippen LogP contribution in [0.4, 0.5) is 0 Å². The summed E-state index contributed by atoms with van der Waals surface area (Å²) in [5.74, 6) is -1.61. The molecule has 1 aromatic heterocycles. The van der Waals surface area contributed by atoms with Crippen molar-refractivity contribution in [3.8, 4) is 0 Å². The van der Waals surface area contributed by atoms with E-state index in [0.717, 1.165) is 5.56 Å². The predicted molar refractivity (Wildman–Crippen MR) is 83.2 cm³/mol. The Labute approximate surface area is 133 Å². The van der Waals surface area contributed by atoms with E-state index >= 15 is 0 Å². The fraction of sp³-hybridized carbons (Fsp3) is 0.312. The number of aromatic nitrogens is 2. The number of aliphatic carboxylic acids is 1. The third-order valence-corrected chi connectivity index (χ3v) is 3.41. The first-order chi connectivity index (χ1) is 10.9. The summed E-state index contributed by atoms with van der Waals surface area (Å²) in [5, 5.41) is 15.9. The average Bonchev–Trinajstić information content (AvgIpc) is 3.01. The Kier molecular flexibility index (Phi) is 5.13. The molecular formula is C16H19N3O4. The maximum absolute atomic E-state index is 12.2. The van der Waals surface area contributed by atoms with Crippen molar-refractivity contribution in [1.29, 1.82) is 0 Å². The molecule has 1 aromatic carbocycles. The highest BCUT2D eigenvalue weighted by molar-refractivity contribution is 5.97. The molecule has 7 nitrogen and oxygen atoms in total. The van der Waals surface area contributed by atoms with Gasteiger partial charge in [-0.2, -0.15) is 5.10 Å². The van der Waals surface area contributed by atoms with Gasteiger partial charge in [0.1, 0.15) is 0 Å². The molecule has 23 heavy (non-hydrogen) atoms. The van der Waals surface area contributed by atoms with Gasteiger partial charge in [-0.25, -0.2) is 4.79 Å². The third-order valence-electron chi connectivity index (χ3n) is 3.41. The second-order valence-corrected chi connectivity index (χ2v) is 5.42. The molecule has 0 fully saturated rings. The molecule has 0 bridgehead atoms. The van der Waals surface area contributed by atoms with Gasteiger partial charge >= 0.3 is 5.97 Å². The number of amides is 1. The van der Waals surface area contributed by atoms with Crippen molar-refractivity contribution in [2.75, 3.05) is 13.7 Å². The lowest BCUT2D eigenvalue weighted by Gasteiger charge is -2.25. The number of hydrogen-bond donors (Lipinski definition) is 2. The van der Waals surface area contributed by atoms with Crippen LogP contribution in [0.15, 0.2) is 42.7 Å². The number of benzene rings is 1. The number of ether oxygens (including phenoxy) is 1. The number of rotatable bonds is 7. The largest absolute Gasteiger partial charge is 0.479 e. The number of hydrogen-bond acceptors (Lipinski definition) is 4. The molecule has 0 radical (unpaired) electrons. The van der Waals surface area contributed by atoms with Crippen LogP contribution in [-0.4, -0.2) is 46.0 Å². The number of methoxy groups -OCH3 is 1. The minimum Gasteiger partial charge on any atom is -0.479 e. The van der Waals surface area contributed by atoms with Crippen molar-refractivity contribution >= 4 is 11.9 Å². The van der Waals surface area contributed by atoms with Gasteiger partial charge < -0.3 is 15.2 Å². The van der Waals surface area contributed by atoms with Gasteiger partial charge in [-0.05, 0) is 30.7 Å². The number of carbonyl (C=O) groups excluding carboxylic acids is 1. The van der Waals surface area contributed by atoms with Crippen molar-refractivity contribution in [3.05, 3.63) is 53.9 Å². The molecule has 0 saturated carbocycles. The van der Waals surface area contributed by atoms with Gasteiger partial charge in [0.25, 0.3) is 5.91 Å². The summed E-state index contributed by atoms with van der Waals surface area (Å²) in [7, 11) is 1.39. The summed E-state index contributed by atoms with van der Waals surface area (Å²) in [6.07, 6.45) is 3.55. The molecule has 2 aromatic rings. The second-order valence-electron chi connectivity index (χ2n) is 5.42. The van der Waals surface area contributed by atoms with E-state index in [0.29, 0.717) is 12.1 Å². The van der Waals surface area contributed by atoms with E-state index in [2.05, 4.69) is 10.4 Å². The van der Waals surface area contributed by atoms with Gasteiger partial charge in [-0.3, -0.25) is 9.48 Å². The van der Waals surface area contributed by atoms with Crippen molar-refractivity contribution in [1.82, 2.24) is 15.1 Å². The zero-order valence-electron chi connectivity index (χ0n) is 13.0. The predicted octanol–water partition coefficient (Wildman–Crippen LogP) is 1.15. The van der Waals surface area contributed by atoms with E-state index in [4.69, 9.17) is 4.74 Å². The molecule has 2 rings (SSSR count). The van der Waals surface area contributed by atoms with Crippen LogP contribution in [0.25, 0.3) is 0 Å². The summed E-state index contributed by atoms with van der Waals surface area (Å²) in [4.78, 5) is 23.5. The van der Waals surface area contributed by atoms with Crippen LogP contribution >= 0.6 is 0 Å². The quantitative estimate of drug-likeness (QED) is 0.799. The van der Waals surface area contributed by atoms with E-state index in [1.807, 2.05) is 24.4 Å². The van der Waals surface area contributed by atoms with E-state index < -0.39 is 17.4 Å². The number of carbonyl (C=O) groups is 2. The van der Waals surface area contributed by atoms with Crippen LogP contribution in [-0.2, 0) is 16.1 Å². The Bertz CT molecular complexity index is 667. The molecule has 0 aliphatic heterocycles. The number of carboxylic acid groups (broad SMARTS) is 1. The van der Waals surface area contributed by atoms with Crippen LogP contribution in [0, 0.1) is 0 Å². The number of nitrogens with zero attached hydrogens (tertiary/aromatic N) is 2. The topological polar surface area (TPSA) is 93.5 Å². The van der Waals surface area contributed by atoms with Crippen molar-refractivity contribution in [2.24, 2.45) is 0 Å². The average molecular weight is 317 g/mol. The molecule has 122 valence electrons. The lowest BCUT2D eigenvalue weighted by atomic mass is 10.0. The van der Waals surface area contributed by atoms with E-state index in [9.17, 15) is 14.7 Å². The Morgan fingerprint density at radius 2 is 2.04 bits per heavy atom. The third kappa shape index (κ3) is 4.17. The first-order valence-corrected chi connectivity index (χ1v) is 7.06. The fourth-order valence-corrected chi connectivity index (χ4v) is 2.11. The molecule has 0 aliphatic carbocycles. The summed E-state index contributed by atoms with van der Waals surface area (Å²) in [6.45, 7) is 1.89. The Morgan fingerprint density at radius 3 is 2.57 bits per heavy atom. The van der Waals surface area contributed by atoms with Crippen molar-refractivity contribution < 1.29 is 19.4 Å². The van der Waals surface area contributed by atoms with Crippen LogP contribution in [0.5, 0.6) is 0 Å². The molecule has 1 amide bonds. The Morgan fingerprint density at radius 1 is 1.35 bits per heavy atom. The zero-order chi connectivity index (χ0) is 16.9. The normalized spacial score (nSPS) is 13.3. The molecular weight excluding hydrogens is 298 g/mol. The fourth-order valence-electron chi connectivity index (χ4n) is 2.11. The summed E-state index contributed by atoms with van der Waals surface area (Å²) >= 11 is 0. The highest BCUT2D eigenvalue weighted by atomic mass is 16.5. The maximum Gasteiger partial charge on any atom is 0.331 e. The van der Waals surface area contributed by atoms with Gasteiger partial charge in [-0.15, -0.1) is 0 Å². The molecule has 2 N–H and O–H groups in total. The molecule has 7 heteroatoms. The Balaban J connectivity index is 2.06. The summed E-state index contributed by atoms with van der Waals surface area (Å²) in [6, 6.07) is 8.77. The smallest absolute Gasteiger partial charge is 0.331 e. The van der Waals surface area contributed by atoms with Crippen LogP contribution in [0.2, 0.25) is 0 Å². The zero-order valence-corrected chi connectivity index (χ0v) is 13.0. The molecule has 1 heterocycles. The van der Waals surface area contributed by atoms with Gasteiger partial charge in [-0.1, -0.05) is 12.1 Å². The van der Waals surface area contributed by atoms with Crippen molar-refractivity contribution in [3.63, 3.8) is 0 Å². The molecule has 0 aliphatic rings. The summed E-state index contributed by atoms with van der Waals surface area (Å²) < 4.78 is 6.65. The highest BCUT2D eigenvalue weighted by Gasteiger charge is 2.35. The molecule has 0 saturated heterocycles. The first kappa shape index (κ1) is 16.7. The minimum absolute atomic E-state index is 0.120. The lowest BCUT2D eigenvalue weighted by molar-refractivity contribution is -0.145. The second kappa shape index (κ2) is 7.06. The minimum atomic E-state index is -1.47. The van der Waals surface area contributed by atoms with Crippen LogP contribution < -0.4 is 5.32 Å². The van der Waals surface area contributed by atoms with Gasteiger partial charge in [0.15, 0.2) is 5.54 Å². The highest BCUT2D eigenvalue weighted by Crippen LogP contribution is 2.10. The van der Waals surface area contributed by atoms with Gasteiger partial charge in [0, 0.05) is 25.1 Å². The maximum atomic E-state index is 12.2. The molecule has 1 atom stereocenters. The van der Waals surface area contributed by atoms with Gasteiger partial charge in [0.05, 0.1) is 13.2 Å². The van der Waals surface area contributed by atoms with Crippen LogP contribution in [0.3, 0.4) is 0 Å². The summed E-state index contributed by atoms with van der Waals surface area (Å²) in [5.41, 5.74) is -0.0968. The van der Waals surface area contributed by atoms with Gasteiger partial charge in [0.2, 0.25) is 0 Å². The van der Waals surface area contributed by atoms with E-state index in [1.54, 1.807) is 23.0 Å². The SMILES string of the molecule is COCC(C)(NC(=O)c1ccc(Cn2cccn2)cc1)C(=O)O. The van der Waals surface area contributed by atoms with Crippen molar-refractivity contribution in [2.45, 2.75) is 19.0 Å². The molecule has 0 spiro atoms. The lowest BCUT2D eigenvalue weighted by Crippen LogP contribution is -2.55. The first-order valence-electron chi connectivity index (χ1n) is 7.06. The number of nitrogens with one attached hydrogen (secondary N) is 1. The molecule has 1 unspecified atom stereocenters.